The van der Waals surface area contributed by atoms with Crippen molar-refractivity contribution in [3.05, 3.63) is 45.4 Å². The lowest BCUT2D eigenvalue weighted by molar-refractivity contribution is 0.0946. The lowest BCUT2D eigenvalue weighted by Gasteiger charge is -2.10. The van der Waals surface area contributed by atoms with Crippen LogP contribution in [0.4, 0.5) is 0 Å². The largest absolute Gasteiger partial charge is 0.346 e. The maximum atomic E-state index is 11.7. The standard InChI is InChI=1S/C11H11Br2NO/c1-3-7(2)14-11(15)9-5-4-8(12)6-10(9)13/h3-7H,1H2,2H3,(H,14,15). The van der Waals surface area contributed by atoms with Gasteiger partial charge in [0.1, 0.15) is 0 Å². The molecule has 1 N–H and O–H groups in total. The molecule has 0 aliphatic carbocycles. The maximum absolute atomic E-state index is 11.7. The van der Waals surface area contributed by atoms with E-state index in [0.717, 1.165) is 8.95 Å². The van der Waals surface area contributed by atoms with Crippen LogP contribution in [0, 0.1) is 0 Å². The fourth-order valence-corrected chi connectivity index (χ4v) is 2.24. The predicted octanol–water partition coefficient (Wildman–Crippen LogP) is 3.52. The monoisotopic (exact) mass is 331 g/mol. The zero-order chi connectivity index (χ0) is 11.4. The van der Waals surface area contributed by atoms with Crippen LogP contribution in [0.1, 0.15) is 17.3 Å². The molecule has 1 aromatic rings. The van der Waals surface area contributed by atoms with Crippen LogP contribution in [0.25, 0.3) is 0 Å². The van der Waals surface area contributed by atoms with Crippen molar-refractivity contribution in [1.82, 2.24) is 5.32 Å². The van der Waals surface area contributed by atoms with Gasteiger partial charge in [0.15, 0.2) is 0 Å². The van der Waals surface area contributed by atoms with Crippen LogP contribution in [0.15, 0.2) is 39.8 Å². The van der Waals surface area contributed by atoms with Crippen LogP contribution in [-0.2, 0) is 0 Å². The molecule has 1 atom stereocenters. The second kappa shape index (κ2) is 5.47. The number of nitrogens with one attached hydrogen (secondary N) is 1. The van der Waals surface area contributed by atoms with Gasteiger partial charge in [0.2, 0.25) is 0 Å². The van der Waals surface area contributed by atoms with Gasteiger partial charge in [0.05, 0.1) is 5.56 Å². The summed E-state index contributed by atoms with van der Waals surface area (Å²) in [6.07, 6.45) is 1.69. The van der Waals surface area contributed by atoms with Crippen molar-refractivity contribution in [2.24, 2.45) is 0 Å². The molecular weight excluding hydrogens is 322 g/mol. The lowest BCUT2D eigenvalue weighted by Crippen LogP contribution is -2.31. The van der Waals surface area contributed by atoms with Crippen molar-refractivity contribution in [2.75, 3.05) is 0 Å². The van der Waals surface area contributed by atoms with Gasteiger partial charge in [0, 0.05) is 15.0 Å². The average Bonchev–Trinajstić information content (AvgIpc) is 2.17. The number of benzene rings is 1. The molecule has 4 heteroatoms. The number of hydrogen-bond acceptors (Lipinski definition) is 1. The molecule has 0 bridgehead atoms. The minimum atomic E-state index is -0.109. The molecule has 0 radical (unpaired) electrons. The molecule has 15 heavy (non-hydrogen) atoms. The van der Waals surface area contributed by atoms with Gasteiger partial charge in [-0.2, -0.15) is 0 Å². The highest BCUT2D eigenvalue weighted by atomic mass is 79.9. The van der Waals surface area contributed by atoms with Gasteiger partial charge in [-0.1, -0.05) is 22.0 Å². The highest BCUT2D eigenvalue weighted by Crippen LogP contribution is 2.21. The second-order valence-electron chi connectivity index (χ2n) is 3.12. The van der Waals surface area contributed by atoms with E-state index < -0.39 is 0 Å². The summed E-state index contributed by atoms with van der Waals surface area (Å²) in [5, 5.41) is 2.80. The van der Waals surface area contributed by atoms with Gasteiger partial charge in [-0.15, -0.1) is 6.58 Å². The van der Waals surface area contributed by atoms with Crippen LogP contribution >= 0.6 is 31.9 Å². The van der Waals surface area contributed by atoms with E-state index in [1.54, 1.807) is 12.1 Å². The Hall–Kier alpha value is -0.610. The van der Waals surface area contributed by atoms with Crippen molar-refractivity contribution < 1.29 is 4.79 Å². The van der Waals surface area contributed by atoms with Crippen LogP contribution in [0.5, 0.6) is 0 Å². The van der Waals surface area contributed by atoms with Gasteiger partial charge in [-0.3, -0.25) is 4.79 Å². The van der Waals surface area contributed by atoms with E-state index >= 15 is 0 Å². The van der Waals surface area contributed by atoms with Gasteiger partial charge < -0.3 is 5.32 Å². The van der Waals surface area contributed by atoms with Gasteiger partial charge in [-0.25, -0.2) is 0 Å². The minimum absolute atomic E-state index is 0.0342. The first-order valence-corrected chi connectivity index (χ1v) is 6.01. The van der Waals surface area contributed by atoms with E-state index in [2.05, 4.69) is 43.8 Å². The fourth-order valence-electron chi connectivity index (χ4n) is 1.02. The van der Waals surface area contributed by atoms with Crippen molar-refractivity contribution in [1.29, 1.82) is 0 Å². The molecule has 0 saturated heterocycles. The number of carbonyl (C=O) groups excluding carboxylic acids is 1. The molecule has 1 unspecified atom stereocenters. The van der Waals surface area contributed by atoms with Crippen LogP contribution in [0.3, 0.4) is 0 Å². The normalized spacial score (nSPS) is 11.9. The fraction of sp³-hybridized carbons (Fsp3) is 0.182. The van der Waals surface area contributed by atoms with E-state index in [1.807, 2.05) is 19.1 Å². The Balaban J connectivity index is 2.87. The Morgan fingerprint density at radius 3 is 2.73 bits per heavy atom. The molecular formula is C11H11Br2NO. The highest BCUT2D eigenvalue weighted by molar-refractivity contribution is 9.11. The molecule has 0 spiro atoms. The third-order valence-electron chi connectivity index (χ3n) is 1.89. The summed E-state index contributed by atoms with van der Waals surface area (Å²) in [6.45, 7) is 5.48. The minimum Gasteiger partial charge on any atom is -0.346 e. The van der Waals surface area contributed by atoms with Crippen LogP contribution in [0.2, 0.25) is 0 Å². The van der Waals surface area contributed by atoms with E-state index in [9.17, 15) is 4.79 Å². The molecule has 0 heterocycles. The van der Waals surface area contributed by atoms with E-state index in [-0.39, 0.29) is 11.9 Å². The molecule has 0 fully saturated rings. The molecule has 1 rings (SSSR count). The summed E-state index contributed by atoms with van der Waals surface area (Å²) in [4.78, 5) is 11.7. The number of halogens is 2. The third-order valence-corrected chi connectivity index (χ3v) is 3.04. The zero-order valence-corrected chi connectivity index (χ0v) is 11.4. The Bertz CT molecular complexity index is 390. The summed E-state index contributed by atoms with van der Waals surface area (Å²) in [7, 11) is 0. The summed E-state index contributed by atoms with van der Waals surface area (Å²) in [5.74, 6) is -0.109. The van der Waals surface area contributed by atoms with E-state index in [0.29, 0.717) is 5.56 Å². The molecule has 1 aromatic carbocycles. The number of carbonyl (C=O) groups is 1. The number of rotatable bonds is 3. The lowest BCUT2D eigenvalue weighted by atomic mass is 10.2. The Labute approximate surface area is 106 Å². The first kappa shape index (κ1) is 12.5. The molecule has 80 valence electrons. The Kier molecular flexibility index (Phi) is 4.54. The SMILES string of the molecule is C=CC(C)NC(=O)c1ccc(Br)cc1Br. The van der Waals surface area contributed by atoms with Gasteiger partial charge in [-0.05, 0) is 41.1 Å². The highest BCUT2D eigenvalue weighted by Gasteiger charge is 2.11. The van der Waals surface area contributed by atoms with E-state index in [1.165, 1.54) is 0 Å². The zero-order valence-electron chi connectivity index (χ0n) is 8.26. The van der Waals surface area contributed by atoms with Crippen molar-refractivity contribution in [3.8, 4) is 0 Å². The summed E-state index contributed by atoms with van der Waals surface area (Å²) in [5.41, 5.74) is 0.618. The first-order valence-electron chi connectivity index (χ1n) is 4.43. The van der Waals surface area contributed by atoms with Gasteiger partial charge in [0.25, 0.3) is 5.91 Å². The Morgan fingerprint density at radius 1 is 1.53 bits per heavy atom. The van der Waals surface area contributed by atoms with Crippen molar-refractivity contribution in [3.63, 3.8) is 0 Å². The summed E-state index contributed by atoms with van der Waals surface area (Å²) < 4.78 is 1.70. The van der Waals surface area contributed by atoms with Crippen molar-refractivity contribution >= 4 is 37.8 Å². The third kappa shape index (κ3) is 3.47. The second-order valence-corrected chi connectivity index (χ2v) is 4.89. The smallest absolute Gasteiger partial charge is 0.252 e. The molecule has 0 aromatic heterocycles. The summed E-state index contributed by atoms with van der Waals surface area (Å²) in [6, 6.07) is 5.40. The molecule has 0 aliphatic rings. The Morgan fingerprint density at radius 2 is 2.20 bits per heavy atom. The topological polar surface area (TPSA) is 29.1 Å². The molecule has 1 amide bonds. The first-order chi connectivity index (χ1) is 7.04. The average molecular weight is 333 g/mol. The van der Waals surface area contributed by atoms with Crippen LogP contribution < -0.4 is 5.32 Å². The number of amides is 1. The van der Waals surface area contributed by atoms with Crippen LogP contribution in [-0.4, -0.2) is 11.9 Å². The molecule has 2 nitrogen and oxygen atoms in total. The quantitative estimate of drug-likeness (QED) is 0.843. The molecule has 0 aliphatic heterocycles. The maximum Gasteiger partial charge on any atom is 0.252 e. The summed E-state index contributed by atoms with van der Waals surface area (Å²) >= 11 is 6.67. The number of hydrogen-bond donors (Lipinski definition) is 1. The van der Waals surface area contributed by atoms with Crippen molar-refractivity contribution in [2.45, 2.75) is 13.0 Å². The molecule has 0 saturated carbocycles. The predicted molar refractivity (Wildman–Crippen MR) is 69.0 cm³/mol. The van der Waals surface area contributed by atoms with Gasteiger partial charge >= 0.3 is 0 Å². The van der Waals surface area contributed by atoms with E-state index in [4.69, 9.17) is 0 Å².